The minimum absolute atomic E-state index is 0.0711. The molecule has 1 atom stereocenters. The Labute approximate surface area is 194 Å². The van der Waals surface area contributed by atoms with E-state index in [9.17, 15) is 29.6 Å². The van der Waals surface area contributed by atoms with Crippen molar-refractivity contribution < 1.29 is 29.2 Å². The SMILES string of the molecule is COC(=O)c1sc(N2C(=O)C(O)=C(C(=O)c3cccs3)[C@H]2c2ccc([N+](=O)[O-])cc2)nc1C. The van der Waals surface area contributed by atoms with Gasteiger partial charge in [-0.15, -0.1) is 11.3 Å². The number of anilines is 1. The van der Waals surface area contributed by atoms with Crippen LogP contribution in [0.1, 0.15) is 36.6 Å². The predicted octanol–water partition coefficient (Wildman–Crippen LogP) is 3.99. The maximum Gasteiger partial charge on any atom is 0.350 e. The summed E-state index contributed by atoms with van der Waals surface area (Å²) in [7, 11) is 1.22. The number of thiazole rings is 1. The van der Waals surface area contributed by atoms with Crippen molar-refractivity contribution in [3.8, 4) is 0 Å². The van der Waals surface area contributed by atoms with Gasteiger partial charge in [0.25, 0.3) is 11.6 Å². The van der Waals surface area contributed by atoms with Gasteiger partial charge in [0, 0.05) is 12.1 Å². The first-order valence-electron chi connectivity index (χ1n) is 9.39. The molecule has 0 saturated carbocycles. The molecule has 168 valence electrons. The first-order chi connectivity index (χ1) is 15.7. The predicted molar refractivity (Wildman–Crippen MR) is 120 cm³/mol. The number of thiophene rings is 1. The molecule has 3 aromatic rings. The molecule has 12 heteroatoms. The molecular formula is C21H15N3O7S2. The average Bonchev–Trinajstić information content (AvgIpc) is 3.52. The van der Waals surface area contributed by atoms with Crippen molar-refractivity contribution in [3.05, 3.63) is 84.2 Å². The number of aromatic nitrogens is 1. The fourth-order valence-corrected chi connectivity index (χ4v) is 5.13. The second kappa shape index (κ2) is 8.56. The van der Waals surface area contributed by atoms with Crippen molar-refractivity contribution in [3.63, 3.8) is 0 Å². The van der Waals surface area contributed by atoms with Gasteiger partial charge in [-0.05, 0) is 36.1 Å². The first-order valence-corrected chi connectivity index (χ1v) is 11.1. The van der Waals surface area contributed by atoms with Crippen LogP contribution in [0.2, 0.25) is 0 Å². The fourth-order valence-electron chi connectivity index (χ4n) is 3.44. The molecule has 3 heterocycles. The highest BCUT2D eigenvalue weighted by Crippen LogP contribution is 2.44. The second-order valence-corrected chi connectivity index (χ2v) is 8.82. The Hall–Kier alpha value is -3.90. The number of non-ortho nitro benzene ring substituents is 1. The Balaban J connectivity index is 1.87. The summed E-state index contributed by atoms with van der Waals surface area (Å²) in [4.78, 5) is 54.8. The summed E-state index contributed by atoms with van der Waals surface area (Å²) in [5.74, 6) is -2.81. The third-order valence-corrected chi connectivity index (χ3v) is 6.98. The number of aliphatic hydroxyl groups is 1. The Morgan fingerprint density at radius 3 is 2.52 bits per heavy atom. The number of methoxy groups -OCH3 is 1. The van der Waals surface area contributed by atoms with E-state index in [1.54, 1.807) is 24.4 Å². The highest BCUT2D eigenvalue weighted by Gasteiger charge is 2.46. The average molecular weight is 485 g/mol. The van der Waals surface area contributed by atoms with E-state index in [1.807, 2.05) is 0 Å². The fraction of sp³-hybridized carbons (Fsp3) is 0.143. The molecule has 0 aliphatic carbocycles. The lowest BCUT2D eigenvalue weighted by Crippen LogP contribution is -2.31. The first kappa shape index (κ1) is 22.3. The number of Topliss-reactive ketones (excluding diaryl/α,β-unsaturated/α-hetero) is 1. The molecule has 0 unspecified atom stereocenters. The standard InChI is InChI=1S/C21H15N3O7S2/c1-10-18(20(28)31-2)33-21(22-10)23-15(11-5-7-12(8-6-11)24(29)30)14(17(26)19(23)27)16(25)13-4-3-9-32-13/h3-9,15,26H,1-2H3/t15-/m1/s1. The molecule has 1 aliphatic heterocycles. The number of hydrogen-bond acceptors (Lipinski definition) is 10. The van der Waals surface area contributed by atoms with Crippen molar-refractivity contribution in [1.29, 1.82) is 0 Å². The topological polar surface area (TPSA) is 140 Å². The van der Waals surface area contributed by atoms with Crippen LogP contribution in [0.25, 0.3) is 0 Å². The molecule has 0 radical (unpaired) electrons. The Morgan fingerprint density at radius 1 is 1.24 bits per heavy atom. The van der Waals surface area contributed by atoms with Crippen LogP contribution in [0.4, 0.5) is 10.8 Å². The molecule has 1 N–H and O–H groups in total. The van der Waals surface area contributed by atoms with Crippen LogP contribution < -0.4 is 4.90 Å². The maximum atomic E-state index is 13.2. The number of ketones is 1. The molecule has 4 rings (SSSR count). The molecule has 0 fully saturated rings. The Bertz CT molecular complexity index is 1310. The van der Waals surface area contributed by atoms with Crippen LogP contribution in [0.3, 0.4) is 0 Å². The van der Waals surface area contributed by atoms with Gasteiger partial charge in [-0.1, -0.05) is 17.4 Å². The zero-order valence-electron chi connectivity index (χ0n) is 17.2. The smallest absolute Gasteiger partial charge is 0.350 e. The molecule has 1 aromatic carbocycles. The zero-order valence-corrected chi connectivity index (χ0v) is 18.8. The number of nitrogens with zero attached hydrogens (tertiary/aromatic N) is 3. The number of rotatable bonds is 6. The summed E-state index contributed by atoms with van der Waals surface area (Å²) < 4.78 is 4.75. The van der Waals surface area contributed by atoms with Crippen LogP contribution in [-0.2, 0) is 9.53 Å². The molecule has 33 heavy (non-hydrogen) atoms. The van der Waals surface area contributed by atoms with E-state index < -0.39 is 34.4 Å². The second-order valence-electron chi connectivity index (χ2n) is 6.90. The molecule has 1 aliphatic rings. The van der Waals surface area contributed by atoms with E-state index in [1.165, 1.54) is 31.4 Å². The number of nitro groups is 1. The molecule has 0 spiro atoms. The van der Waals surface area contributed by atoms with Gasteiger partial charge in [0.2, 0.25) is 5.78 Å². The number of hydrogen-bond donors (Lipinski definition) is 1. The van der Waals surface area contributed by atoms with E-state index in [0.29, 0.717) is 16.1 Å². The van der Waals surface area contributed by atoms with Gasteiger partial charge in [0.1, 0.15) is 4.88 Å². The lowest BCUT2D eigenvalue weighted by molar-refractivity contribution is -0.384. The van der Waals surface area contributed by atoms with Gasteiger partial charge in [-0.3, -0.25) is 24.6 Å². The molecule has 0 bridgehead atoms. The lowest BCUT2D eigenvalue weighted by Gasteiger charge is -2.24. The third kappa shape index (κ3) is 3.79. The van der Waals surface area contributed by atoms with E-state index in [4.69, 9.17) is 4.74 Å². The van der Waals surface area contributed by atoms with Gasteiger partial charge in [0.05, 0.1) is 34.2 Å². The molecule has 10 nitrogen and oxygen atoms in total. The molecule has 0 saturated heterocycles. The monoisotopic (exact) mass is 485 g/mol. The van der Waals surface area contributed by atoms with Gasteiger partial charge in [-0.2, -0.15) is 0 Å². The number of benzene rings is 1. The number of aryl methyl sites for hydroxylation is 1. The molecular weight excluding hydrogens is 470 g/mol. The summed E-state index contributed by atoms with van der Waals surface area (Å²) in [6.07, 6.45) is 0. The van der Waals surface area contributed by atoms with Crippen molar-refractivity contribution in [2.24, 2.45) is 0 Å². The third-order valence-electron chi connectivity index (χ3n) is 4.98. The summed E-state index contributed by atoms with van der Waals surface area (Å²) in [5, 5.41) is 23.5. The number of amides is 1. The summed E-state index contributed by atoms with van der Waals surface area (Å²) in [6, 6.07) is 7.43. The highest BCUT2D eigenvalue weighted by molar-refractivity contribution is 7.17. The summed E-state index contributed by atoms with van der Waals surface area (Å²) in [6.45, 7) is 1.57. The van der Waals surface area contributed by atoms with Gasteiger partial charge < -0.3 is 9.84 Å². The van der Waals surface area contributed by atoms with Crippen molar-refractivity contribution in [2.45, 2.75) is 13.0 Å². The maximum absolute atomic E-state index is 13.2. The quantitative estimate of drug-likeness (QED) is 0.239. The number of carbonyl (C=O) groups is 3. The van der Waals surface area contributed by atoms with Gasteiger partial charge in [-0.25, -0.2) is 9.78 Å². The van der Waals surface area contributed by atoms with E-state index in [-0.39, 0.29) is 21.3 Å². The van der Waals surface area contributed by atoms with Crippen LogP contribution in [0.5, 0.6) is 0 Å². The van der Waals surface area contributed by atoms with Crippen molar-refractivity contribution in [2.75, 3.05) is 12.0 Å². The van der Waals surface area contributed by atoms with E-state index in [0.717, 1.165) is 27.6 Å². The number of esters is 1. The summed E-state index contributed by atoms with van der Waals surface area (Å²) >= 11 is 2.02. The lowest BCUT2D eigenvalue weighted by atomic mass is 9.95. The van der Waals surface area contributed by atoms with Gasteiger partial charge in [0.15, 0.2) is 10.9 Å². The minimum Gasteiger partial charge on any atom is -0.503 e. The normalized spacial score (nSPS) is 15.8. The molecule has 1 amide bonds. The van der Waals surface area contributed by atoms with E-state index in [2.05, 4.69) is 4.98 Å². The number of carbonyl (C=O) groups excluding carboxylic acids is 3. The molecule has 2 aromatic heterocycles. The minimum atomic E-state index is -1.11. The van der Waals surface area contributed by atoms with Crippen LogP contribution >= 0.6 is 22.7 Å². The largest absolute Gasteiger partial charge is 0.503 e. The van der Waals surface area contributed by atoms with Crippen LogP contribution in [0.15, 0.2) is 53.1 Å². The zero-order chi connectivity index (χ0) is 23.9. The highest BCUT2D eigenvalue weighted by atomic mass is 32.1. The van der Waals surface area contributed by atoms with E-state index >= 15 is 0 Å². The number of nitro benzene ring substituents is 1. The Kier molecular flexibility index (Phi) is 5.78. The van der Waals surface area contributed by atoms with Crippen molar-refractivity contribution in [1.82, 2.24) is 4.98 Å². The number of aliphatic hydroxyl groups excluding tert-OH is 1. The van der Waals surface area contributed by atoms with Crippen molar-refractivity contribution >= 4 is 51.2 Å². The van der Waals surface area contributed by atoms with Crippen LogP contribution in [0, 0.1) is 17.0 Å². The van der Waals surface area contributed by atoms with Gasteiger partial charge >= 0.3 is 5.97 Å². The summed E-state index contributed by atoms with van der Waals surface area (Å²) in [5.41, 5.74) is 0.316. The Morgan fingerprint density at radius 2 is 1.94 bits per heavy atom. The number of ether oxygens (including phenoxy) is 1. The van der Waals surface area contributed by atoms with Crippen LogP contribution in [-0.4, -0.2) is 39.8 Å².